The summed E-state index contributed by atoms with van der Waals surface area (Å²) in [5, 5.41) is 7.59. The molecule has 1 aromatic heterocycles. The lowest BCUT2D eigenvalue weighted by Gasteiger charge is -2.16. The second-order valence-electron chi connectivity index (χ2n) is 6.33. The van der Waals surface area contributed by atoms with Gasteiger partial charge in [-0.1, -0.05) is 17.3 Å². The van der Waals surface area contributed by atoms with Crippen molar-refractivity contribution >= 4 is 27.5 Å². The minimum atomic E-state index is -4.60. The van der Waals surface area contributed by atoms with Gasteiger partial charge in [0.05, 0.1) is 17.3 Å². The molecule has 30 heavy (non-hydrogen) atoms. The smallest absolute Gasteiger partial charge is 0.360 e. The van der Waals surface area contributed by atoms with Crippen LogP contribution in [0.25, 0.3) is 0 Å². The van der Waals surface area contributed by atoms with Crippen molar-refractivity contribution in [3.63, 3.8) is 0 Å². The highest BCUT2D eigenvalue weighted by Gasteiger charge is 2.30. The van der Waals surface area contributed by atoms with Gasteiger partial charge in [-0.2, -0.15) is 17.9 Å². The van der Waals surface area contributed by atoms with E-state index in [1.807, 2.05) is 0 Å². The van der Waals surface area contributed by atoms with Gasteiger partial charge < -0.3 is 15.2 Å². The molecule has 164 valence electrons. The van der Waals surface area contributed by atoms with Gasteiger partial charge in [0.1, 0.15) is 17.1 Å². The first-order valence-corrected chi connectivity index (χ1v) is 10.00. The van der Waals surface area contributed by atoms with Gasteiger partial charge in [0.2, 0.25) is 15.9 Å². The highest BCUT2D eigenvalue weighted by atomic mass is 32.2. The molecule has 0 unspecified atom stereocenters. The van der Waals surface area contributed by atoms with Crippen LogP contribution in [-0.2, 0) is 14.8 Å². The Labute approximate surface area is 170 Å². The van der Waals surface area contributed by atoms with Crippen molar-refractivity contribution in [3.05, 3.63) is 41.3 Å². The second kappa shape index (κ2) is 8.83. The van der Waals surface area contributed by atoms with Gasteiger partial charge in [0, 0.05) is 0 Å². The van der Waals surface area contributed by atoms with Gasteiger partial charge in [-0.25, -0.2) is 8.42 Å². The number of aryl methyl sites for hydroxylation is 2. The Kier molecular flexibility index (Phi) is 6.87. The van der Waals surface area contributed by atoms with E-state index < -0.39 is 40.6 Å². The van der Waals surface area contributed by atoms with Crippen LogP contribution in [0.2, 0.25) is 0 Å². The molecule has 13 heteroatoms. The summed E-state index contributed by atoms with van der Waals surface area (Å²) in [4.78, 5) is 24.3. The number of benzene rings is 1. The molecule has 0 saturated carbocycles. The number of amides is 2. The number of carbonyl (C=O) groups is 2. The Bertz CT molecular complexity index is 1030. The zero-order valence-electron chi connectivity index (χ0n) is 16.1. The third-order valence-electron chi connectivity index (χ3n) is 3.84. The molecule has 1 heterocycles. The second-order valence-corrected chi connectivity index (χ2v) is 7.98. The number of sulfonamides is 1. The third-order valence-corrected chi connectivity index (χ3v) is 5.62. The van der Waals surface area contributed by atoms with E-state index in [-0.39, 0.29) is 27.6 Å². The molecule has 0 bridgehead atoms. The number of halogens is 3. The van der Waals surface area contributed by atoms with Crippen LogP contribution < -0.4 is 15.4 Å². The van der Waals surface area contributed by atoms with Crippen LogP contribution >= 0.6 is 0 Å². The van der Waals surface area contributed by atoms with E-state index in [0.717, 1.165) is 0 Å². The largest absolute Gasteiger partial charge is 0.405 e. The van der Waals surface area contributed by atoms with Crippen LogP contribution in [0, 0.1) is 13.8 Å². The summed E-state index contributed by atoms with van der Waals surface area (Å²) in [6.45, 7) is 2.54. The highest BCUT2D eigenvalue weighted by molar-refractivity contribution is 7.89. The van der Waals surface area contributed by atoms with Crippen LogP contribution in [-0.4, -0.2) is 44.2 Å². The van der Waals surface area contributed by atoms with Crippen molar-refractivity contribution < 1.29 is 35.7 Å². The number of para-hydroxylation sites is 1. The van der Waals surface area contributed by atoms with Crippen molar-refractivity contribution in [2.75, 3.05) is 11.9 Å². The SMILES string of the molecule is Cc1noc(C)c1S(=O)(=O)N[C@@H](C)C(=O)Nc1ccccc1C(=O)NCC(F)(F)F. The standard InChI is InChI=1S/C17H19F3N4O5S/c1-9-14(11(3)29-23-9)30(27,28)24-10(2)15(25)22-13-7-5-4-6-12(13)16(26)21-8-17(18,19)20/h4-7,10,24H,8H2,1-3H3,(H,21,26)(H,22,25)/t10-/m0/s1. The number of anilines is 1. The number of alkyl halides is 3. The topological polar surface area (TPSA) is 130 Å². The summed E-state index contributed by atoms with van der Waals surface area (Å²) in [6.07, 6.45) is -4.60. The van der Waals surface area contributed by atoms with Gasteiger partial charge in [-0.05, 0) is 32.9 Å². The summed E-state index contributed by atoms with van der Waals surface area (Å²) < 4.78 is 68.9. The average Bonchev–Trinajstić information content (AvgIpc) is 2.98. The molecule has 0 saturated heterocycles. The lowest BCUT2D eigenvalue weighted by Crippen LogP contribution is -2.42. The fourth-order valence-corrected chi connectivity index (χ4v) is 4.04. The van der Waals surface area contributed by atoms with Gasteiger partial charge in [0.25, 0.3) is 5.91 Å². The minimum Gasteiger partial charge on any atom is -0.360 e. The molecule has 3 N–H and O–H groups in total. The Balaban J connectivity index is 2.13. The first-order valence-electron chi connectivity index (χ1n) is 8.52. The molecule has 1 aromatic carbocycles. The Morgan fingerprint density at radius 1 is 1.20 bits per heavy atom. The van der Waals surface area contributed by atoms with Crippen LogP contribution in [0.1, 0.15) is 28.7 Å². The maximum absolute atomic E-state index is 12.5. The van der Waals surface area contributed by atoms with E-state index in [2.05, 4.69) is 15.2 Å². The normalized spacial score (nSPS) is 13.0. The zero-order valence-corrected chi connectivity index (χ0v) is 16.9. The van der Waals surface area contributed by atoms with Gasteiger partial charge >= 0.3 is 6.18 Å². The quantitative estimate of drug-likeness (QED) is 0.593. The van der Waals surface area contributed by atoms with Crippen molar-refractivity contribution in [1.29, 1.82) is 0 Å². The number of carbonyl (C=O) groups excluding carboxylic acids is 2. The molecular weight excluding hydrogens is 429 g/mol. The van der Waals surface area contributed by atoms with Gasteiger partial charge in [-0.15, -0.1) is 0 Å². The van der Waals surface area contributed by atoms with Crippen LogP contribution in [0.15, 0.2) is 33.7 Å². The molecule has 2 rings (SSSR count). The lowest BCUT2D eigenvalue weighted by molar-refractivity contribution is -0.123. The van der Waals surface area contributed by atoms with Crippen molar-refractivity contribution in [2.24, 2.45) is 0 Å². The average molecular weight is 448 g/mol. The Morgan fingerprint density at radius 3 is 2.40 bits per heavy atom. The number of nitrogens with zero attached hydrogens (tertiary/aromatic N) is 1. The monoisotopic (exact) mass is 448 g/mol. The summed E-state index contributed by atoms with van der Waals surface area (Å²) in [6, 6.07) is 4.10. The third kappa shape index (κ3) is 5.79. The highest BCUT2D eigenvalue weighted by Crippen LogP contribution is 2.20. The Hall–Kier alpha value is -2.93. The molecule has 1 atom stereocenters. The van der Waals surface area contributed by atoms with E-state index in [4.69, 9.17) is 4.52 Å². The number of nitrogens with one attached hydrogen (secondary N) is 3. The molecule has 0 aliphatic carbocycles. The first kappa shape index (κ1) is 23.3. The Morgan fingerprint density at radius 2 is 1.83 bits per heavy atom. The van der Waals surface area contributed by atoms with Crippen LogP contribution in [0.4, 0.5) is 18.9 Å². The van der Waals surface area contributed by atoms with E-state index in [1.54, 1.807) is 5.32 Å². The molecule has 2 amide bonds. The fourth-order valence-electron chi connectivity index (χ4n) is 2.51. The predicted octanol–water partition coefficient (Wildman–Crippen LogP) is 1.89. The maximum Gasteiger partial charge on any atom is 0.405 e. The molecule has 2 aromatic rings. The van der Waals surface area contributed by atoms with Crippen molar-refractivity contribution in [3.8, 4) is 0 Å². The number of aromatic nitrogens is 1. The molecule has 0 fully saturated rings. The lowest BCUT2D eigenvalue weighted by atomic mass is 10.1. The molecule has 9 nitrogen and oxygen atoms in total. The van der Waals surface area contributed by atoms with E-state index in [9.17, 15) is 31.2 Å². The number of hydrogen-bond donors (Lipinski definition) is 3. The zero-order chi connectivity index (χ0) is 22.7. The summed E-state index contributed by atoms with van der Waals surface area (Å²) >= 11 is 0. The van der Waals surface area contributed by atoms with E-state index in [1.165, 1.54) is 45.0 Å². The molecule has 0 aliphatic heterocycles. The molecule has 0 radical (unpaired) electrons. The van der Waals surface area contributed by atoms with Gasteiger partial charge in [-0.3, -0.25) is 9.59 Å². The summed E-state index contributed by atoms with van der Waals surface area (Å²) in [7, 11) is -4.14. The predicted molar refractivity (Wildman–Crippen MR) is 99.2 cm³/mol. The summed E-state index contributed by atoms with van der Waals surface area (Å²) in [5.74, 6) is -1.84. The van der Waals surface area contributed by atoms with Crippen molar-refractivity contribution in [1.82, 2.24) is 15.2 Å². The van der Waals surface area contributed by atoms with Gasteiger partial charge in [0.15, 0.2) is 5.76 Å². The minimum absolute atomic E-state index is 0.0410. The van der Waals surface area contributed by atoms with E-state index >= 15 is 0 Å². The molecule has 0 spiro atoms. The van der Waals surface area contributed by atoms with E-state index in [0.29, 0.717) is 0 Å². The molecule has 0 aliphatic rings. The number of rotatable bonds is 7. The van der Waals surface area contributed by atoms with Crippen LogP contribution in [0.3, 0.4) is 0 Å². The maximum atomic E-state index is 12.5. The van der Waals surface area contributed by atoms with Crippen LogP contribution in [0.5, 0.6) is 0 Å². The van der Waals surface area contributed by atoms with Crippen molar-refractivity contribution in [2.45, 2.75) is 37.9 Å². The number of hydrogen-bond acceptors (Lipinski definition) is 6. The summed E-state index contributed by atoms with van der Waals surface area (Å²) in [5.41, 5.74) is -0.180. The fraction of sp³-hybridized carbons (Fsp3) is 0.353. The molecular formula is C17H19F3N4O5S. The first-order chi connectivity index (χ1) is 13.8.